The molecule has 4 aliphatic heterocycles. The first kappa shape index (κ1) is 31.6. The fourth-order valence-corrected chi connectivity index (χ4v) is 4.65. The monoisotopic (exact) mass is 587 g/mol. The third kappa shape index (κ3) is 9.59. The van der Waals surface area contributed by atoms with Gasteiger partial charge in [-0.05, 0) is 80.6 Å². The molecule has 226 valence electrons. The lowest BCUT2D eigenvalue weighted by molar-refractivity contribution is -0.123. The van der Waals surface area contributed by atoms with Gasteiger partial charge in [0.2, 0.25) is 5.91 Å². The summed E-state index contributed by atoms with van der Waals surface area (Å²) in [5.74, 6) is -0.936. The topological polar surface area (TPSA) is 150 Å². The number of hydrogen-bond donors (Lipinski definition) is 5. The summed E-state index contributed by atoms with van der Waals surface area (Å²) < 4.78 is 11.7. The molecule has 4 aliphatic rings. The molecule has 5 heterocycles. The van der Waals surface area contributed by atoms with Crippen molar-refractivity contribution in [1.29, 1.82) is 0 Å². The van der Waals surface area contributed by atoms with Crippen molar-refractivity contribution in [2.24, 2.45) is 0 Å². The van der Waals surface area contributed by atoms with E-state index < -0.39 is 30.9 Å². The number of aromatic amines is 1. The molecule has 3 aromatic rings. The Bertz CT molecular complexity index is 1410. The summed E-state index contributed by atoms with van der Waals surface area (Å²) >= 11 is 0. The number of amides is 2. The van der Waals surface area contributed by atoms with Crippen LogP contribution in [0.25, 0.3) is 0 Å². The number of Topliss-reactive ketones (excluding diaryl/α,β-unsaturated/α-hetero) is 1. The number of nitrogens with one attached hydrogen (secondary N) is 3. The summed E-state index contributed by atoms with van der Waals surface area (Å²) in [6.07, 6.45) is 4.06. The summed E-state index contributed by atoms with van der Waals surface area (Å²) in [5.41, 5.74) is 2.95. The summed E-state index contributed by atoms with van der Waals surface area (Å²) in [5, 5.41) is 24.9. The van der Waals surface area contributed by atoms with Crippen LogP contribution in [0.15, 0.2) is 72.3 Å². The molecule has 7 rings (SSSR count). The molecule has 2 aromatic carbocycles. The Hall–Kier alpha value is -4.35. The third-order valence-corrected chi connectivity index (χ3v) is 7.00. The number of aromatic nitrogens is 1. The molecule has 2 unspecified atom stereocenters. The van der Waals surface area contributed by atoms with Crippen LogP contribution >= 0.6 is 0 Å². The molecule has 0 saturated carbocycles. The van der Waals surface area contributed by atoms with E-state index in [4.69, 9.17) is 9.47 Å². The van der Waals surface area contributed by atoms with Gasteiger partial charge in [0.15, 0.2) is 5.78 Å². The van der Waals surface area contributed by atoms with Crippen LogP contribution in [-0.2, 0) is 17.6 Å². The normalized spacial score (nSPS) is 17.1. The molecule has 0 spiro atoms. The maximum atomic E-state index is 13.3. The second kappa shape index (κ2) is 15.2. The maximum absolute atomic E-state index is 13.3. The fraction of sp³-hybridized carbons (Fsp3) is 0.344. The van der Waals surface area contributed by atoms with Crippen LogP contribution in [0.1, 0.15) is 65.2 Å². The molecule has 0 saturated heterocycles. The van der Waals surface area contributed by atoms with Gasteiger partial charge in [0.1, 0.15) is 23.2 Å². The third-order valence-electron chi connectivity index (χ3n) is 7.00. The fourth-order valence-electron chi connectivity index (χ4n) is 4.65. The van der Waals surface area contributed by atoms with Crippen LogP contribution in [0.3, 0.4) is 0 Å². The Morgan fingerprint density at radius 2 is 1.47 bits per heavy atom. The first-order valence-electron chi connectivity index (χ1n) is 14.5. The van der Waals surface area contributed by atoms with Gasteiger partial charge in [-0.1, -0.05) is 35.9 Å². The average Bonchev–Trinajstić information content (AvgIpc) is 3.48. The molecular weight excluding hydrogens is 549 g/mol. The zero-order chi connectivity index (χ0) is 30.8. The number of carbonyl (C=O) groups is 3. The molecule has 10 nitrogen and oxygen atoms in total. The molecule has 2 atom stereocenters. The van der Waals surface area contributed by atoms with Crippen molar-refractivity contribution >= 4 is 24.7 Å². The average molecular weight is 587 g/mol. The molecule has 0 fully saturated rings. The molecule has 2 amide bonds. The molecule has 6 bridgehead atoms. The lowest BCUT2D eigenvalue weighted by Crippen LogP contribution is -2.54. The SMILES string of the molecule is CC(C)=CC(NC(=O)C1Cc2ccc(cc2)OCCCCOc2ccc(cc2)CCC(=O)c2ccc([nH]2)C(=O)N1)B(O)O. The second-order valence-corrected chi connectivity index (χ2v) is 10.8. The van der Waals surface area contributed by atoms with Crippen LogP contribution in [0, 0.1) is 0 Å². The van der Waals surface area contributed by atoms with E-state index in [2.05, 4.69) is 15.6 Å². The van der Waals surface area contributed by atoms with Gasteiger partial charge in [-0.15, -0.1) is 0 Å². The van der Waals surface area contributed by atoms with Gasteiger partial charge in [0.05, 0.1) is 24.8 Å². The molecule has 43 heavy (non-hydrogen) atoms. The molecule has 0 radical (unpaired) electrons. The van der Waals surface area contributed by atoms with Crippen molar-refractivity contribution in [3.8, 4) is 11.5 Å². The Balaban J connectivity index is 1.56. The van der Waals surface area contributed by atoms with Crippen molar-refractivity contribution in [2.45, 2.75) is 57.9 Å². The van der Waals surface area contributed by atoms with Crippen LogP contribution in [0.5, 0.6) is 11.5 Å². The van der Waals surface area contributed by atoms with E-state index in [1.165, 1.54) is 12.1 Å². The Labute approximate surface area is 251 Å². The van der Waals surface area contributed by atoms with E-state index in [0.29, 0.717) is 31.1 Å². The largest absolute Gasteiger partial charge is 0.494 e. The van der Waals surface area contributed by atoms with Crippen molar-refractivity contribution in [3.63, 3.8) is 0 Å². The van der Waals surface area contributed by atoms with E-state index in [1.807, 2.05) is 36.4 Å². The van der Waals surface area contributed by atoms with Crippen LogP contribution in [-0.4, -0.2) is 64.9 Å². The van der Waals surface area contributed by atoms with Gasteiger partial charge < -0.3 is 35.1 Å². The van der Waals surface area contributed by atoms with Crippen molar-refractivity contribution < 1.29 is 33.9 Å². The van der Waals surface area contributed by atoms with E-state index in [0.717, 1.165) is 35.3 Å². The van der Waals surface area contributed by atoms with Gasteiger partial charge in [0.25, 0.3) is 5.91 Å². The molecule has 0 aliphatic carbocycles. The van der Waals surface area contributed by atoms with Crippen LogP contribution in [0.4, 0.5) is 0 Å². The maximum Gasteiger partial charge on any atom is 0.479 e. The number of carbonyl (C=O) groups excluding carboxylic acids is 3. The summed E-state index contributed by atoms with van der Waals surface area (Å²) in [6, 6.07) is 16.9. The van der Waals surface area contributed by atoms with Gasteiger partial charge in [-0.25, -0.2) is 0 Å². The van der Waals surface area contributed by atoms with Crippen molar-refractivity contribution in [2.75, 3.05) is 13.2 Å². The van der Waals surface area contributed by atoms with E-state index in [-0.39, 0.29) is 24.3 Å². The lowest BCUT2D eigenvalue weighted by atomic mass is 9.78. The van der Waals surface area contributed by atoms with Gasteiger partial charge >= 0.3 is 7.12 Å². The lowest BCUT2D eigenvalue weighted by Gasteiger charge is -2.22. The highest BCUT2D eigenvalue weighted by Gasteiger charge is 2.29. The molecule has 1 aromatic heterocycles. The zero-order valence-corrected chi connectivity index (χ0v) is 24.5. The Kier molecular flexibility index (Phi) is 11.2. The minimum absolute atomic E-state index is 0.128. The first-order valence-corrected chi connectivity index (χ1v) is 14.5. The highest BCUT2D eigenvalue weighted by Crippen LogP contribution is 2.17. The van der Waals surface area contributed by atoms with E-state index >= 15 is 0 Å². The number of aryl methyl sites for hydroxylation is 1. The zero-order valence-electron chi connectivity index (χ0n) is 24.5. The predicted molar refractivity (Wildman–Crippen MR) is 163 cm³/mol. The molecule has 5 N–H and O–H groups in total. The van der Waals surface area contributed by atoms with Gasteiger partial charge in [-0.3, -0.25) is 14.4 Å². The quantitative estimate of drug-likeness (QED) is 0.233. The van der Waals surface area contributed by atoms with Crippen LogP contribution < -0.4 is 20.1 Å². The minimum Gasteiger partial charge on any atom is -0.494 e. The van der Waals surface area contributed by atoms with Gasteiger partial charge in [-0.2, -0.15) is 0 Å². The number of allylic oxidation sites excluding steroid dienone is 1. The minimum atomic E-state index is -1.83. The number of H-pyrrole nitrogens is 1. The van der Waals surface area contributed by atoms with E-state index in [9.17, 15) is 24.4 Å². The van der Waals surface area contributed by atoms with Crippen molar-refractivity contribution in [1.82, 2.24) is 15.6 Å². The number of rotatable bonds is 4. The number of hydrogen-bond acceptors (Lipinski definition) is 7. The first-order chi connectivity index (χ1) is 20.7. The highest BCUT2D eigenvalue weighted by molar-refractivity contribution is 6.44. The summed E-state index contributed by atoms with van der Waals surface area (Å²) in [4.78, 5) is 42.3. The molecule has 11 heteroatoms. The number of ketones is 1. The van der Waals surface area contributed by atoms with Gasteiger partial charge in [0, 0.05) is 12.8 Å². The standard InChI is InChI=1S/C32H38BN3O7/c1-21(2)19-30(33(40)41)36-32(39)28-20-23-7-12-25(13-8-23)43-18-4-3-17-42-24-10-5-22(6-11-24)9-16-29(37)26-14-15-27(34-26)31(38)35-28/h5-8,10-15,19,28,30,34,40-41H,3-4,9,16-18,20H2,1-2H3,(H,35,38)(H,36,39). The van der Waals surface area contributed by atoms with E-state index in [1.54, 1.807) is 32.0 Å². The number of ether oxygens (including phenoxy) is 2. The van der Waals surface area contributed by atoms with Crippen LogP contribution in [0.2, 0.25) is 0 Å². The Morgan fingerprint density at radius 1 is 0.884 bits per heavy atom. The van der Waals surface area contributed by atoms with Crippen molar-refractivity contribution in [3.05, 3.63) is 94.8 Å². The second-order valence-electron chi connectivity index (χ2n) is 10.8. The highest BCUT2D eigenvalue weighted by atomic mass is 16.5. The Morgan fingerprint density at radius 3 is 2.05 bits per heavy atom. The predicted octanol–water partition coefficient (Wildman–Crippen LogP) is 3.19. The number of benzene rings is 2. The summed E-state index contributed by atoms with van der Waals surface area (Å²) in [6.45, 7) is 4.62. The smallest absolute Gasteiger partial charge is 0.479 e. The summed E-state index contributed by atoms with van der Waals surface area (Å²) in [7, 11) is -1.83. The molecular formula is C32H38BN3O7.